The van der Waals surface area contributed by atoms with E-state index in [2.05, 4.69) is 6.92 Å². The second-order valence-corrected chi connectivity index (χ2v) is 1.14. The molecule has 0 heterocycles. The molecule has 0 spiro atoms. The standard InChI is InChI=1S/C4H11N.HI.Pb.2H/c1-2-3-4-5;;;;/h2-5H2,1H3;1H;;;. The molecule has 0 saturated carbocycles. The molecule has 0 aliphatic rings. The number of halogens is 1. The molecule has 1 nitrogen and oxygen atoms in total. The fourth-order valence-corrected chi connectivity index (χ4v) is 0.204. The molecule has 3 heteroatoms. The molecule has 0 aromatic carbocycles. The van der Waals surface area contributed by atoms with Crippen LogP contribution in [0.1, 0.15) is 19.8 Å². The Kier molecular flexibility index (Phi) is 35.4. The van der Waals surface area contributed by atoms with Gasteiger partial charge in [-0.15, -0.1) is 24.0 Å². The van der Waals surface area contributed by atoms with Crippen LogP contribution in [0.25, 0.3) is 0 Å². The van der Waals surface area contributed by atoms with Crippen LogP contribution in [-0.2, 0) is 0 Å². The Labute approximate surface area is 82.6 Å². The predicted molar refractivity (Wildman–Crippen MR) is 47.9 cm³/mol. The van der Waals surface area contributed by atoms with Crippen LogP contribution in [0.4, 0.5) is 0 Å². The van der Waals surface area contributed by atoms with Crippen LogP contribution >= 0.6 is 24.0 Å². The molecule has 0 saturated heterocycles. The topological polar surface area (TPSA) is 26.0 Å². The summed E-state index contributed by atoms with van der Waals surface area (Å²) in [4.78, 5) is 0. The maximum absolute atomic E-state index is 5.14. The fraction of sp³-hybridized carbons (Fsp3) is 1.00. The van der Waals surface area contributed by atoms with E-state index in [-0.39, 0.29) is 51.3 Å². The average molecular weight is 410 g/mol. The molecule has 0 atom stereocenters. The Balaban J connectivity index is -0.0000000800. The third-order valence-electron chi connectivity index (χ3n) is 0.558. The molecule has 0 rings (SSSR count). The molecule has 0 amide bonds. The van der Waals surface area contributed by atoms with Crippen molar-refractivity contribution in [2.75, 3.05) is 6.54 Å². The average Bonchev–Trinajstić information content (AvgIpc) is 1.41. The number of unbranched alkanes of at least 4 members (excludes halogenated alkanes) is 1. The van der Waals surface area contributed by atoms with E-state index in [0.29, 0.717) is 0 Å². The molecule has 0 aromatic rings. The van der Waals surface area contributed by atoms with E-state index in [0.717, 1.165) is 6.54 Å². The third kappa shape index (κ3) is 18.4. The number of hydrogen-bond acceptors (Lipinski definition) is 1. The Hall–Kier alpha value is 1.61. The van der Waals surface area contributed by atoms with Crippen LogP contribution in [0.15, 0.2) is 0 Å². The molecule has 0 bridgehead atoms. The Morgan fingerprint density at radius 3 is 1.86 bits per heavy atom. The Morgan fingerprint density at radius 2 is 1.86 bits per heavy atom. The summed E-state index contributed by atoms with van der Waals surface area (Å²) in [5.74, 6) is 0. The summed E-state index contributed by atoms with van der Waals surface area (Å²) in [7, 11) is 0. The Bertz CT molecular complexity index is 19.2. The van der Waals surface area contributed by atoms with Gasteiger partial charge in [0.05, 0.1) is 0 Å². The van der Waals surface area contributed by atoms with Gasteiger partial charge in [-0.05, 0) is 13.0 Å². The van der Waals surface area contributed by atoms with Crippen molar-refractivity contribution in [1.29, 1.82) is 0 Å². The van der Waals surface area contributed by atoms with Crippen molar-refractivity contribution in [3.8, 4) is 0 Å². The number of nitrogens with two attached hydrogens (primary N) is 1. The summed E-state index contributed by atoms with van der Waals surface area (Å²) in [6, 6.07) is 0. The quantitative estimate of drug-likeness (QED) is 0.520. The van der Waals surface area contributed by atoms with Gasteiger partial charge in [-0.2, -0.15) is 0 Å². The summed E-state index contributed by atoms with van der Waals surface area (Å²) in [5.41, 5.74) is 5.14. The molecular formula is C4H14INPb. The molecule has 7 heavy (non-hydrogen) atoms. The van der Waals surface area contributed by atoms with E-state index in [4.69, 9.17) is 5.73 Å². The van der Waals surface area contributed by atoms with Crippen LogP contribution in [0, 0.1) is 0 Å². The summed E-state index contributed by atoms with van der Waals surface area (Å²) >= 11 is 0. The van der Waals surface area contributed by atoms with E-state index in [9.17, 15) is 0 Å². The van der Waals surface area contributed by atoms with Crippen molar-refractivity contribution in [3.63, 3.8) is 0 Å². The van der Waals surface area contributed by atoms with Crippen molar-refractivity contribution >= 4 is 51.3 Å². The van der Waals surface area contributed by atoms with Gasteiger partial charge in [0, 0.05) is 0 Å². The first-order valence-electron chi connectivity index (χ1n) is 2.12. The van der Waals surface area contributed by atoms with Crippen LogP contribution < -0.4 is 5.73 Å². The van der Waals surface area contributed by atoms with E-state index < -0.39 is 0 Å². The van der Waals surface area contributed by atoms with Crippen molar-refractivity contribution < 1.29 is 0 Å². The zero-order valence-corrected chi connectivity index (χ0v) is 12.6. The van der Waals surface area contributed by atoms with Crippen LogP contribution in [0.3, 0.4) is 0 Å². The van der Waals surface area contributed by atoms with Gasteiger partial charge < -0.3 is 5.73 Å². The van der Waals surface area contributed by atoms with Crippen molar-refractivity contribution in [1.82, 2.24) is 0 Å². The first-order chi connectivity index (χ1) is 2.41. The number of rotatable bonds is 2. The first-order valence-corrected chi connectivity index (χ1v) is 2.12. The maximum atomic E-state index is 5.14. The molecule has 2 N–H and O–H groups in total. The fourth-order valence-electron chi connectivity index (χ4n) is 0.204. The van der Waals surface area contributed by atoms with Crippen LogP contribution in [0.2, 0.25) is 0 Å². The summed E-state index contributed by atoms with van der Waals surface area (Å²) in [6.45, 7) is 2.98. The van der Waals surface area contributed by atoms with Crippen LogP contribution in [0.5, 0.6) is 0 Å². The second kappa shape index (κ2) is 15.6. The van der Waals surface area contributed by atoms with E-state index in [1.165, 1.54) is 12.8 Å². The molecular weight excluding hydrogens is 396 g/mol. The number of hydrogen-bond donors (Lipinski definition) is 1. The Morgan fingerprint density at radius 1 is 1.43 bits per heavy atom. The van der Waals surface area contributed by atoms with E-state index in [1.807, 2.05) is 0 Å². The molecule has 0 aliphatic carbocycles. The van der Waals surface area contributed by atoms with Gasteiger partial charge >= 0.3 is 27.3 Å². The molecule has 2 radical (unpaired) electrons. The first kappa shape index (κ1) is 15.8. The molecule has 0 aliphatic heterocycles. The summed E-state index contributed by atoms with van der Waals surface area (Å²) in [5, 5.41) is 0. The van der Waals surface area contributed by atoms with Gasteiger partial charge in [-0.1, -0.05) is 13.3 Å². The minimum atomic E-state index is 0. The van der Waals surface area contributed by atoms with E-state index >= 15 is 0 Å². The second-order valence-electron chi connectivity index (χ2n) is 1.14. The molecule has 46 valence electrons. The van der Waals surface area contributed by atoms with E-state index in [1.54, 1.807) is 0 Å². The molecule has 0 aromatic heterocycles. The molecule has 0 unspecified atom stereocenters. The van der Waals surface area contributed by atoms with Gasteiger partial charge in [-0.3, -0.25) is 0 Å². The normalized spacial score (nSPS) is 6.00. The summed E-state index contributed by atoms with van der Waals surface area (Å²) < 4.78 is 0. The summed E-state index contributed by atoms with van der Waals surface area (Å²) in [6.07, 6.45) is 2.39. The van der Waals surface area contributed by atoms with Gasteiger partial charge in [0.15, 0.2) is 0 Å². The van der Waals surface area contributed by atoms with Gasteiger partial charge in [0.1, 0.15) is 0 Å². The third-order valence-corrected chi connectivity index (χ3v) is 0.558. The van der Waals surface area contributed by atoms with Crippen molar-refractivity contribution in [3.05, 3.63) is 0 Å². The van der Waals surface area contributed by atoms with Crippen LogP contribution in [-0.4, -0.2) is 33.8 Å². The van der Waals surface area contributed by atoms with Gasteiger partial charge in [0.2, 0.25) is 0 Å². The zero-order valence-electron chi connectivity index (χ0n) is 4.81. The minimum absolute atomic E-state index is 0. The predicted octanol–water partition coefficient (Wildman–Crippen LogP) is 0.447. The monoisotopic (exact) mass is 411 g/mol. The van der Waals surface area contributed by atoms with Gasteiger partial charge in [0.25, 0.3) is 0 Å². The van der Waals surface area contributed by atoms with Gasteiger partial charge in [-0.25, -0.2) is 0 Å². The van der Waals surface area contributed by atoms with Crippen molar-refractivity contribution in [2.45, 2.75) is 19.8 Å². The zero-order chi connectivity index (χ0) is 4.12. The van der Waals surface area contributed by atoms with Crippen molar-refractivity contribution in [2.24, 2.45) is 5.73 Å². The SMILES string of the molecule is CCCCN.I.[PbH2]. The molecule has 0 fully saturated rings.